The van der Waals surface area contributed by atoms with Crippen LogP contribution in [0.3, 0.4) is 0 Å². The number of rotatable bonds is 4. The van der Waals surface area contributed by atoms with Crippen molar-refractivity contribution in [1.29, 1.82) is 0 Å². The Labute approximate surface area is 55.5 Å². The van der Waals surface area contributed by atoms with Gasteiger partial charge in [0.15, 0.2) is 0 Å². The fraction of sp³-hybridized carbons (Fsp3) is 0.571. The molecular weight excluding hydrogens is 116 g/mol. The summed E-state index contributed by atoms with van der Waals surface area (Å²) in [6.07, 6.45) is 2.68. The van der Waals surface area contributed by atoms with Gasteiger partial charge in [-0.15, -0.1) is 0 Å². The molecule has 0 atom stereocenters. The lowest BCUT2D eigenvalue weighted by molar-refractivity contribution is -0.111. The van der Waals surface area contributed by atoms with Crippen molar-refractivity contribution in [2.45, 2.75) is 13.8 Å². The van der Waals surface area contributed by atoms with E-state index < -0.39 is 0 Å². The molecule has 0 N–H and O–H groups in total. The van der Waals surface area contributed by atoms with Gasteiger partial charge >= 0.3 is 0 Å². The highest BCUT2D eigenvalue weighted by molar-refractivity contribution is 5.50. The molecule has 0 rings (SSSR count). The van der Waals surface area contributed by atoms with E-state index in [9.17, 15) is 4.79 Å². The molecule has 0 saturated heterocycles. The highest BCUT2D eigenvalue weighted by Crippen LogP contribution is 1.86. The highest BCUT2D eigenvalue weighted by Gasteiger charge is 1.79. The first-order valence-corrected chi connectivity index (χ1v) is 2.92. The molecule has 0 aromatic carbocycles. The van der Waals surface area contributed by atoms with Crippen LogP contribution >= 0.6 is 0 Å². The molecule has 0 amide bonds. The molecule has 9 heavy (non-hydrogen) atoms. The van der Waals surface area contributed by atoms with Crippen molar-refractivity contribution < 1.29 is 9.53 Å². The number of carbonyl (C=O) groups excluding carboxylic acids is 1. The Hall–Kier alpha value is -0.630. The molecule has 2 nitrogen and oxygen atoms in total. The molecule has 0 aliphatic heterocycles. The van der Waals surface area contributed by atoms with Crippen molar-refractivity contribution in [3.8, 4) is 0 Å². The molecule has 0 unspecified atom stereocenters. The summed E-state index contributed by atoms with van der Waals surface area (Å²) in [5.41, 5.74) is 1.21. The van der Waals surface area contributed by atoms with Gasteiger partial charge in [-0.05, 0) is 13.8 Å². The van der Waals surface area contributed by atoms with Gasteiger partial charge in [-0.25, -0.2) is 0 Å². The van der Waals surface area contributed by atoms with E-state index in [1.54, 1.807) is 0 Å². The monoisotopic (exact) mass is 128 g/mol. The maximum absolute atomic E-state index is 9.70. The average Bonchev–Trinajstić information content (AvgIpc) is 1.80. The van der Waals surface area contributed by atoms with Crippen LogP contribution in [0.5, 0.6) is 0 Å². The number of ether oxygens (including phenoxy) is 1. The molecule has 0 heterocycles. The van der Waals surface area contributed by atoms with Gasteiger partial charge in [0.2, 0.25) is 0 Å². The predicted molar refractivity (Wildman–Crippen MR) is 36.3 cm³/mol. The first-order valence-electron chi connectivity index (χ1n) is 2.92. The van der Waals surface area contributed by atoms with Crippen LogP contribution in [0.2, 0.25) is 0 Å². The van der Waals surface area contributed by atoms with Gasteiger partial charge in [0.25, 0.3) is 0 Å². The second kappa shape index (κ2) is 5.51. The fourth-order valence-corrected chi connectivity index (χ4v) is 0.342. The van der Waals surface area contributed by atoms with E-state index in [0.29, 0.717) is 6.61 Å². The molecule has 0 spiro atoms. The number of allylic oxidation sites excluding steroid dienone is 1. The molecule has 2 heteroatoms. The number of carbonyl (C=O) groups is 1. The van der Waals surface area contributed by atoms with Crippen LogP contribution in [0.4, 0.5) is 0 Å². The van der Waals surface area contributed by atoms with Crippen LogP contribution in [0.15, 0.2) is 11.6 Å². The lowest BCUT2D eigenvalue weighted by Crippen LogP contribution is -1.94. The summed E-state index contributed by atoms with van der Waals surface area (Å²) in [5.74, 6) is 0. The van der Waals surface area contributed by atoms with E-state index in [1.807, 2.05) is 19.9 Å². The van der Waals surface area contributed by atoms with Crippen molar-refractivity contribution in [2.24, 2.45) is 0 Å². The predicted octanol–water partition coefficient (Wildman–Crippen LogP) is 1.17. The van der Waals surface area contributed by atoms with Gasteiger partial charge in [-0.2, -0.15) is 0 Å². The normalized spacial score (nSPS) is 8.67. The zero-order chi connectivity index (χ0) is 7.11. The zero-order valence-electron chi connectivity index (χ0n) is 5.89. The Bertz CT molecular complexity index is 101. The van der Waals surface area contributed by atoms with Gasteiger partial charge in [0.05, 0.1) is 6.61 Å². The Morgan fingerprint density at radius 1 is 1.44 bits per heavy atom. The van der Waals surface area contributed by atoms with E-state index in [0.717, 1.165) is 6.29 Å². The lowest BCUT2D eigenvalue weighted by Gasteiger charge is -1.92. The highest BCUT2D eigenvalue weighted by atomic mass is 16.5. The summed E-state index contributed by atoms with van der Waals surface area (Å²) in [6, 6.07) is 0. The Morgan fingerprint density at radius 3 is 2.56 bits per heavy atom. The van der Waals surface area contributed by atoms with Crippen molar-refractivity contribution in [1.82, 2.24) is 0 Å². The Kier molecular flexibility index (Phi) is 5.12. The third-order valence-electron chi connectivity index (χ3n) is 0.795. The molecule has 0 bridgehead atoms. The number of hydrogen-bond acceptors (Lipinski definition) is 2. The average molecular weight is 128 g/mol. The SMILES string of the molecule is CC(C)=CCOCC=O. The second-order valence-electron chi connectivity index (χ2n) is 1.99. The van der Waals surface area contributed by atoms with Crippen LogP contribution < -0.4 is 0 Å². The molecule has 0 radical (unpaired) electrons. The third-order valence-corrected chi connectivity index (χ3v) is 0.795. The minimum atomic E-state index is 0.198. The second-order valence-corrected chi connectivity index (χ2v) is 1.99. The Morgan fingerprint density at radius 2 is 2.11 bits per heavy atom. The van der Waals surface area contributed by atoms with Crippen molar-refractivity contribution in [3.05, 3.63) is 11.6 Å². The van der Waals surface area contributed by atoms with Crippen molar-refractivity contribution in [3.63, 3.8) is 0 Å². The lowest BCUT2D eigenvalue weighted by atomic mass is 10.3. The van der Waals surface area contributed by atoms with E-state index in [1.165, 1.54) is 5.57 Å². The van der Waals surface area contributed by atoms with Crippen LogP contribution in [0, 0.1) is 0 Å². The van der Waals surface area contributed by atoms with Crippen molar-refractivity contribution in [2.75, 3.05) is 13.2 Å². The summed E-state index contributed by atoms with van der Waals surface area (Å²) >= 11 is 0. The quantitative estimate of drug-likeness (QED) is 0.323. The van der Waals surface area contributed by atoms with E-state index in [2.05, 4.69) is 0 Å². The van der Waals surface area contributed by atoms with Gasteiger partial charge in [0, 0.05) is 0 Å². The summed E-state index contributed by atoms with van der Waals surface area (Å²) < 4.78 is 4.85. The number of aldehydes is 1. The molecule has 0 saturated carbocycles. The smallest absolute Gasteiger partial charge is 0.145 e. The molecule has 0 aromatic rings. The minimum absolute atomic E-state index is 0.198. The van der Waals surface area contributed by atoms with Gasteiger partial charge in [-0.1, -0.05) is 11.6 Å². The van der Waals surface area contributed by atoms with Crippen molar-refractivity contribution >= 4 is 6.29 Å². The zero-order valence-corrected chi connectivity index (χ0v) is 5.89. The summed E-state index contributed by atoms with van der Waals surface area (Å²) in [4.78, 5) is 9.70. The molecule has 52 valence electrons. The standard InChI is InChI=1S/C7H12O2/c1-7(2)3-5-9-6-4-8/h3-4H,5-6H2,1-2H3. The topological polar surface area (TPSA) is 26.3 Å². The van der Waals surface area contributed by atoms with Gasteiger partial charge in [0.1, 0.15) is 12.9 Å². The summed E-state index contributed by atoms with van der Waals surface area (Å²) in [7, 11) is 0. The molecule has 0 aromatic heterocycles. The maximum atomic E-state index is 9.70. The molecule has 0 fully saturated rings. The van der Waals surface area contributed by atoms with E-state index in [-0.39, 0.29) is 6.61 Å². The Balaban J connectivity index is 3.09. The molecular formula is C7H12O2. The van der Waals surface area contributed by atoms with Gasteiger partial charge in [-0.3, -0.25) is 0 Å². The summed E-state index contributed by atoms with van der Waals surface area (Å²) in [5, 5.41) is 0. The fourth-order valence-electron chi connectivity index (χ4n) is 0.342. The molecule has 0 aliphatic carbocycles. The minimum Gasteiger partial charge on any atom is -0.370 e. The van der Waals surface area contributed by atoms with Gasteiger partial charge < -0.3 is 9.53 Å². The van der Waals surface area contributed by atoms with E-state index >= 15 is 0 Å². The summed E-state index contributed by atoms with van der Waals surface area (Å²) in [6.45, 7) is 4.72. The maximum Gasteiger partial charge on any atom is 0.145 e. The molecule has 0 aliphatic rings. The number of hydrogen-bond donors (Lipinski definition) is 0. The van der Waals surface area contributed by atoms with Crippen LogP contribution in [-0.4, -0.2) is 19.5 Å². The first-order chi connectivity index (χ1) is 4.27. The van der Waals surface area contributed by atoms with Crippen LogP contribution in [0.25, 0.3) is 0 Å². The largest absolute Gasteiger partial charge is 0.370 e. The van der Waals surface area contributed by atoms with Crippen LogP contribution in [0.1, 0.15) is 13.8 Å². The van der Waals surface area contributed by atoms with E-state index in [4.69, 9.17) is 4.74 Å². The third kappa shape index (κ3) is 7.37. The first kappa shape index (κ1) is 8.37. The van der Waals surface area contributed by atoms with Crippen LogP contribution in [-0.2, 0) is 9.53 Å².